The third-order valence-electron chi connectivity index (χ3n) is 1.65. The van der Waals surface area contributed by atoms with Crippen LogP contribution >= 0.6 is 11.8 Å². The molecule has 1 aliphatic rings. The number of aliphatic hydroxyl groups excluding tert-OH is 4. The highest BCUT2D eigenvalue weighted by molar-refractivity contribution is 8.02. The van der Waals surface area contributed by atoms with Crippen molar-refractivity contribution in [1.29, 1.82) is 0 Å². The Morgan fingerprint density at radius 2 is 1.82 bits per heavy atom. The molecule has 0 aromatic rings. The van der Waals surface area contributed by atoms with E-state index < -0.39 is 23.6 Å². The van der Waals surface area contributed by atoms with Gasteiger partial charge in [-0.25, -0.2) is 0 Å². The highest BCUT2D eigenvalue weighted by Crippen LogP contribution is 2.29. The van der Waals surface area contributed by atoms with Gasteiger partial charge in [0.25, 0.3) is 0 Å². The summed E-state index contributed by atoms with van der Waals surface area (Å²) < 4.78 is 0. The summed E-state index contributed by atoms with van der Waals surface area (Å²) in [5, 5.41) is 35.5. The van der Waals surface area contributed by atoms with Crippen LogP contribution < -0.4 is 0 Å². The van der Waals surface area contributed by atoms with Gasteiger partial charge in [-0.2, -0.15) is 0 Å². The van der Waals surface area contributed by atoms with Gasteiger partial charge in [-0.3, -0.25) is 0 Å². The molecule has 0 amide bonds. The van der Waals surface area contributed by atoms with Gasteiger partial charge in [0.1, 0.15) is 6.10 Å². The Hall–Kier alpha value is 0.190. The van der Waals surface area contributed by atoms with E-state index in [1.807, 2.05) is 0 Å². The van der Waals surface area contributed by atoms with Crippen LogP contribution in [-0.4, -0.2) is 50.6 Å². The smallest absolute Gasteiger partial charge is 0.108 e. The Labute approximate surface area is 68.9 Å². The van der Waals surface area contributed by atoms with Gasteiger partial charge in [0.15, 0.2) is 0 Å². The standard InChI is InChI=1S/C6H11O4S/c7-1-4-6(10)5(9)3(8)2-11-4/h2-10H,1H2/t3-,4-,5+,6+/m0/s1. The SMILES string of the molecule is OC[C@@H]1S[CH][C@H](O)[C@@H](O)[C@@H]1O. The highest BCUT2D eigenvalue weighted by Gasteiger charge is 2.36. The lowest BCUT2D eigenvalue weighted by Gasteiger charge is -2.33. The fourth-order valence-electron chi connectivity index (χ4n) is 0.915. The van der Waals surface area contributed by atoms with E-state index in [0.29, 0.717) is 0 Å². The molecule has 0 aromatic heterocycles. The molecule has 1 saturated heterocycles. The molecule has 0 aromatic carbocycles. The van der Waals surface area contributed by atoms with Crippen LogP contribution in [0.4, 0.5) is 0 Å². The summed E-state index contributed by atoms with van der Waals surface area (Å²) in [7, 11) is 0. The van der Waals surface area contributed by atoms with E-state index in [1.54, 1.807) is 0 Å². The van der Waals surface area contributed by atoms with Crippen molar-refractivity contribution in [1.82, 2.24) is 0 Å². The van der Waals surface area contributed by atoms with Gasteiger partial charge in [-0.1, -0.05) is 0 Å². The normalized spacial score (nSPS) is 45.8. The first-order valence-corrected chi connectivity index (χ1v) is 4.25. The summed E-state index contributed by atoms with van der Waals surface area (Å²) in [6.45, 7) is -0.202. The first kappa shape index (κ1) is 9.28. The van der Waals surface area contributed by atoms with Crippen LogP contribution in [0.25, 0.3) is 0 Å². The summed E-state index contributed by atoms with van der Waals surface area (Å²) in [5.74, 6) is 1.41. The van der Waals surface area contributed by atoms with Gasteiger partial charge in [0, 0.05) is 5.75 Å². The first-order valence-electron chi connectivity index (χ1n) is 3.30. The molecule has 1 aliphatic heterocycles. The molecule has 11 heavy (non-hydrogen) atoms. The molecular formula is C6H11O4S. The molecule has 1 radical (unpaired) electrons. The molecule has 1 fully saturated rings. The molecule has 0 bridgehead atoms. The zero-order chi connectivity index (χ0) is 8.43. The third-order valence-corrected chi connectivity index (χ3v) is 2.87. The van der Waals surface area contributed by atoms with Gasteiger partial charge in [0.2, 0.25) is 0 Å². The fraction of sp³-hybridized carbons (Fsp3) is 0.833. The molecule has 5 heteroatoms. The van der Waals surface area contributed by atoms with Crippen molar-refractivity contribution in [2.75, 3.05) is 6.61 Å². The van der Waals surface area contributed by atoms with Crippen LogP contribution in [0.3, 0.4) is 0 Å². The molecule has 65 valence electrons. The molecule has 0 unspecified atom stereocenters. The predicted molar refractivity (Wildman–Crippen MR) is 40.8 cm³/mol. The van der Waals surface area contributed by atoms with Crippen LogP contribution in [0.1, 0.15) is 0 Å². The van der Waals surface area contributed by atoms with E-state index in [0.717, 1.165) is 11.8 Å². The van der Waals surface area contributed by atoms with E-state index in [4.69, 9.17) is 15.3 Å². The van der Waals surface area contributed by atoms with Crippen LogP contribution in [0.5, 0.6) is 0 Å². The minimum absolute atomic E-state index is 0.202. The topological polar surface area (TPSA) is 80.9 Å². The summed E-state index contributed by atoms with van der Waals surface area (Å²) >= 11 is 1.15. The average Bonchev–Trinajstić information content (AvgIpc) is 2.01. The summed E-state index contributed by atoms with van der Waals surface area (Å²) in [5.41, 5.74) is 0. The zero-order valence-electron chi connectivity index (χ0n) is 5.79. The summed E-state index contributed by atoms with van der Waals surface area (Å²) in [6, 6.07) is 0. The van der Waals surface area contributed by atoms with Crippen LogP contribution in [0.2, 0.25) is 0 Å². The minimum Gasteiger partial charge on any atom is -0.395 e. The van der Waals surface area contributed by atoms with Crippen molar-refractivity contribution in [2.24, 2.45) is 0 Å². The average molecular weight is 179 g/mol. The zero-order valence-corrected chi connectivity index (χ0v) is 6.61. The molecule has 0 saturated carbocycles. The molecule has 4 atom stereocenters. The predicted octanol–water partition coefficient (Wildman–Crippen LogP) is -1.66. The Bertz CT molecular complexity index is 130. The lowest BCUT2D eigenvalue weighted by atomic mass is 10.1. The molecule has 1 heterocycles. The maximum atomic E-state index is 9.20. The summed E-state index contributed by atoms with van der Waals surface area (Å²) in [6.07, 6.45) is -3.23. The minimum atomic E-state index is -1.17. The maximum absolute atomic E-state index is 9.20. The molecule has 4 N–H and O–H groups in total. The Morgan fingerprint density at radius 1 is 1.18 bits per heavy atom. The number of aliphatic hydroxyl groups is 4. The largest absolute Gasteiger partial charge is 0.395 e. The second kappa shape index (κ2) is 3.73. The second-order valence-electron chi connectivity index (χ2n) is 2.46. The molecule has 4 nitrogen and oxygen atoms in total. The van der Waals surface area contributed by atoms with Crippen LogP contribution in [-0.2, 0) is 0 Å². The fourth-order valence-corrected chi connectivity index (χ4v) is 1.85. The van der Waals surface area contributed by atoms with Crippen LogP contribution in [0.15, 0.2) is 0 Å². The van der Waals surface area contributed by atoms with Crippen molar-refractivity contribution in [2.45, 2.75) is 23.6 Å². The van der Waals surface area contributed by atoms with E-state index >= 15 is 0 Å². The number of thioether (sulfide) groups is 1. The Morgan fingerprint density at radius 3 is 2.36 bits per heavy atom. The van der Waals surface area contributed by atoms with E-state index in [9.17, 15) is 5.11 Å². The number of hydrogen-bond donors (Lipinski definition) is 4. The number of hydrogen-bond acceptors (Lipinski definition) is 5. The number of rotatable bonds is 1. The molecule has 0 spiro atoms. The van der Waals surface area contributed by atoms with E-state index in [2.05, 4.69) is 0 Å². The van der Waals surface area contributed by atoms with Crippen molar-refractivity contribution < 1.29 is 20.4 Å². The van der Waals surface area contributed by atoms with Gasteiger partial charge < -0.3 is 20.4 Å². The lowest BCUT2D eigenvalue weighted by Crippen LogP contribution is -2.48. The van der Waals surface area contributed by atoms with E-state index in [-0.39, 0.29) is 6.61 Å². The van der Waals surface area contributed by atoms with Crippen molar-refractivity contribution in [3.63, 3.8) is 0 Å². The third kappa shape index (κ3) is 1.86. The van der Waals surface area contributed by atoms with Crippen molar-refractivity contribution in [3.8, 4) is 0 Å². The van der Waals surface area contributed by atoms with Gasteiger partial charge in [-0.05, 0) is 0 Å². The summed E-state index contributed by atoms with van der Waals surface area (Å²) in [4.78, 5) is 0. The Kier molecular flexibility index (Phi) is 3.15. The second-order valence-corrected chi connectivity index (χ2v) is 3.61. The van der Waals surface area contributed by atoms with Crippen LogP contribution in [0, 0.1) is 5.75 Å². The lowest BCUT2D eigenvalue weighted by molar-refractivity contribution is -0.0526. The van der Waals surface area contributed by atoms with Crippen molar-refractivity contribution in [3.05, 3.63) is 5.75 Å². The molecule has 1 rings (SSSR count). The molecule has 0 aliphatic carbocycles. The van der Waals surface area contributed by atoms with Gasteiger partial charge in [0.05, 0.1) is 24.1 Å². The highest BCUT2D eigenvalue weighted by atomic mass is 32.2. The van der Waals surface area contributed by atoms with Gasteiger partial charge >= 0.3 is 0 Å². The maximum Gasteiger partial charge on any atom is 0.108 e. The van der Waals surface area contributed by atoms with Crippen molar-refractivity contribution >= 4 is 11.8 Å². The quantitative estimate of drug-likeness (QED) is 0.387. The van der Waals surface area contributed by atoms with Gasteiger partial charge in [-0.15, -0.1) is 11.8 Å². The Balaban J connectivity index is 2.52. The molecular weight excluding hydrogens is 168 g/mol. The first-order chi connectivity index (χ1) is 5.16. The monoisotopic (exact) mass is 179 g/mol. The van der Waals surface area contributed by atoms with E-state index in [1.165, 1.54) is 5.75 Å².